The third-order valence-corrected chi connectivity index (χ3v) is 2.63. The van der Waals surface area contributed by atoms with Crippen molar-refractivity contribution in [1.82, 2.24) is 20.6 Å². The molecule has 2 rings (SSSR count). The second kappa shape index (κ2) is 4.07. The number of primary amides is 1. The minimum absolute atomic E-state index is 0.191. The van der Waals surface area contributed by atoms with Crippen LogP contribution >= 0.6 is 23.2 Å². The molecule has 0 spiro atoms. The minimum Gasteiger partial charge on any atom is -0.366 e. The van der Waals surface area contributed by atoms with Gasteiger partial charge in [-0.2, -0.15) is 5.21 Å². The molecule has 0 atom stereocenters. The lowest BCUT2D eigenvalue weighted by Gasteiger charge is -2.04. The van der Waals surface area contributed by atoms with Crippen LogP contribution in [0.1, 0.15) is 10.4 Å². The molecule has 0 aliphatic rings. The van der Waals surface area contributed by atoms with Gasteiger partial charge >= 0.3 is 0 Å². The molecule has 1 aromatic carbocycles. The van der Waals surface area contributed by atoms with Gasteiger partial charge in [-0.1, -0.05) is 23.2 Å². The van der Waals surface area contributed by atoms with E-state index in [9.17, 15) is 4.79 Å². The molecular weight excluding hydrogens is 253 g/mol. The van der Waals surface area contributed by atoms with Gasteiger partial charge in [-0.05, 0) is 17.3 Å². The number of nitrogens with one attached hydrogen (secondary N) is 1. The van der Waals surface area contributed by atoms with Crippen LogP contribution < -0.4 is 5.73 Å². The highest BCUT2D eigenvalue weighted by atomic mass is 35.5. The van der Waals surface area contributed by atoms with E-state index in [-0.39, 0.29) is 21.4 Å². The molecule has 0 radical (unpaired) electrons. The number of aromatic amines is 1. The molecule has 0 unspecified atom stereocenters. The second-order valence-electron chi connectivity index (χ2n) is 2.91. The monoisotopic (exact) mass is 257 g/mol. The summed E-state index contributed by atoms with van der Waals surface area (Å²) in [6.45, 7) is 0. The molecule has 8 heteroatoms. The Balaban J connectivity index is 2.68. The Bertz CT molecular complexity index is 540. The van der Waals surface area contributed by atoms with Gasteiger partial charge in [0.25, 0.3) is 0 Å². The maximum atomic E-state index is 11.2. The van der Waals surface area contributed by atoms with Crippen LogP contribution in [-0.4, -0.2) is 26.5 Å². The summed E-state index contributed by atoms with van der Waals surface area (Å²) >= 11 is 11.6. The summed E-state index contributed by atoms with van der Waals surface area (Å²) in [5, 5.41) is 13.7. The molecular formula is C8H5Cl2N5O. The van der Waals surface area contributed by atoms with Crippen molar-refractivity contribution in [3.8, 4) is 11.4 Å². The van der Waals surface area contributed by atoms with E-state index in [2.05, 4.69) is 20.6 Å². The second-order valence-corrected chi connectivity index (χ2v) is 3.73. The highest BCUT2D eigenvalue weighted by Crippen LogP contribution is 2.30. The summed E-state index contributed by atoms with van der Waals surface area (Å²) in [7, 11) is 0. The van der Waals surface area contributed by atoms with Gasteiger partial charge in [0.2, 0.25) is 11.7 Å². The van der Waals surface area contributed by atoms with Crippen molar-refractivity contribution in [3.63, 3.8) is 0 Å². The molecule has 82 valence electrons. The molecule has 1 amide bonds. The van der Waals surface area contributed by atoms with Crippen molar-refractivity contribution in [2.75, 3.05) is 0 Å². The summed E-state index contributed by atoms with van der Waals surface area (Å²) in [6.07, 6.45) is 0. The first kappa shape index (κ1) is 10.8. The molecule has 3 N–H and O–H groups in total. The number of nitrogens with two attached hydrogens (primary N) is 1. The van der Waals surface area contributed by atoms with Crippen molar-refractivity contribution < 1.29 is 4.79 Å². The number of tetrazole rings is 1. The fourth-order valence-electron chi connectivity index (χ4n) is 1.21. The van der Waals surface area contributed by atoms with Crippen LogP contribution in [0.15, 0.2) is 12.1 Å². The Morgan fingerprint density at radius 1 is 1.31 bits per heavy atom. The third-order valence-electron chi connectivity index (χ3n) is 1.91. The molecule has 0 fully saturated rings. The van der Waals surface area contributed by atoms with Gasteiger partial charge < -0.3 is 5.73 Å². The number of carbonyl (C=O) groups is 1. The average molecular weight is 258 g/mol. The van der Waals surface area contributed by atoms with Gasteiger partial charge in [0, 0.05) is 5.56 Å². The van der Waals surface area contributed by atoms with Crippen LogP contribution in [0.2, 0.25) is 10.0 Å². The van der Waals surface area contributed by atoms with Crippen molar-refractivity contribution in [1.29, 1.82) is 0 Å². The number of H-pyrrole nitrogens is 1. The Kier molecular flexibility index (Phi) is 2.76. The van der Waals surface area contributed by atoms with Crippen LogP contribution in [0.4, 0.5) is 0 Å². The quantitative estimate of drug-likeness (QED) is 0.847. The van der Waals surface area contributed by atoms with Gasteiger partial charge in [0.1, 0.15) is 0 Å². The van der Waals surface area contributed by atoms with Crippen molar-refractivity contribution in [2.24, 2.45) is 5.73 Å². The van der Waals surface area contributed by atoms with Crippen LogP contribution in [0, 0.1) is 0 Å². The summed E-state index contributed by atoms with van der Waals surface area (Å²) in [4.78, 5) is 11.2. The predicted molar refractivity (Wildman–Crippen MR) is 58.2 cm³/mol. The van der Waals surface area contributed by atoms with E-state index in [1.165, 1.54) is 12.1 Å². The number of hydrogen-bond acceptors (Lipinski definition) is 4. The van der Waals surface area contributed by atoms with Crippen LogP contribution in [0.25, 0.3) is 11.4 Å². The summed E-state index contributed by atoms with van der Waals surface area (Å²) in [5.41, 5.74) is 5.79. The fraction of sp³-hybridized carbons (Fsp3) is 0. The van der Waals surface area contributed by atoms with E-state index in [0.29, 0.717) is 5.56 Å². The number of hydrogen-bond donors (Lipinski definition) is 2. The van der Waals surface area contributed by atoms with E-state index in [4.69, 9.17) is 28.9 Å². The van der Waals surface area contributed by atoms with Crippen molar-refractivity contribution in [3.05, 3.63) is 27.7 Å². The summed E-state index contributed by atoms with van der Waals surface area (Å²) in [6, 6.07) is 2.84. The zero-order valence-corrected chi connectivity index (χ0v) is 9.25. The number of benzene rings is 1. The maximum absolute atomic E-state index is 11.2. The van der Waals surface area contributed by atoms with E-state index in [1.807, 2.05) is 0 Å². The smallest absolute Gasteiger partial charge is 0.249 e. The standard InChI is InChI=1S/C8H5Cl2N5O/c9-5-1-3(7(11)16)4(2-6(5)10)8-12-14-15-13-8/h1-2H,(H2,11,16)(H,12,13,14,15). The lowest BCUT2D eigenvalue weighted by molar-refractivity contribution is 0.100. The lowest BCUT2D eigenvalue weighted by atomic mass is 10.1. The highest BCUT2D eigenvalue weighted by Gasteiger charge is 2.16. The molecule has 2 aromatic rings. The topological polar surface area (TPSA) is 97.5 Å². The molecule has 0 saturated heterocycles. The average Bonchev–Trinajstić information content (AvgIpc) is 2.74. The van der Waals surface area contributed by atoms with Crippen molar-refractivity contribution >= 4 is 29.1 Å². The number of amides is 1. The largest absolute Gasteiger partial charge is 0.366 e. The van der Waals surface area contributed by atoms with Gasteiger partial charge in [0.15, 0.2) is 0 Å². The number of nitrogens with zero attached hydrogens (tertiary/aromatic N) is 3. The Morgan fingerprint density at radius 3 is 2.56 bits per heavy atom. The van der Waals surface area contributed by atoms with E-state index in [1.54, 1.807) is 0 Å². The number of aromatic nitrogens is 4. The van der Waals surface area contributed by atoms with E-state index in [0.717, 1.165) is 0 Å². The first-order valence-corrected chi connectivity index (χ1v) is 4.88. The summed E-state index contributed by atoms with van der Waals surface area (Å²) < 4.78 is 0. The van der Waals surface area contributed by atoms with Crippen LogP contribution in [0.5, 0.6) is 0 Å². The number of carbonyl (C=O) groups excluding carboxylic acids is 1. The zero-order valence-electron chi connectivity index (χ0n) is 7.74. The third kappa shape index (κ3) is 1.84. The van der Waals surface area contributed by atoms with Crippen molar-refractivity contribution in [2.45, 2.75) is 0 Å². The minimum atomic E-state index is -0.640. The van der Waals surface area contributed by atoms with Gasteiger partial charge in [-0.25, -0.2) is 0 Å². The molecule has 16 heavy (non-hydrogen) atoms. The number of rotatable bonds is 2. The maximum Gasteiger partial charge on any atom is 0.249 e. The number of halogens is 2. The van der Waals surface area contributed by atoms with Gasteiger partial charge in [0.05, 0.1) is 15.6 Å². The zero-order chi connectivity index (χ0) is 11.7. The highest BCUT2D eigenvalue weighted by molar-refractivity contribution is 6.42. The first-order valence-electron chi connectivity index (χ1n) is 4.12. The normalized spacial score (nSPS) is 10.4. The van der Waals surface area contributed by atoms with E-state index < -0.39 is 5.91 Å². The Labute approximate surface area is 99.7 Å². The predicted octanol–water partition coefficient (Wildman–Crippen LogP) is 1.27. The van der Waals surface area contributed by atoms with E-state index >= 15 is 0 Å². The molecule has 0 aliphatic heterocycles. The molecule has 0 bridgehead atoms. The Hall–Kier alpha value is -1.66. The summed E-state index contributed by atoms with van der Waals surface area (Å²) in [5.74, 6) is -0.411. The first-order chi connectivity index (χ1) is 7.59. The fourth-order valence-corrected chi connectivity index (χ4v) is 1.54. The molecule has 0 aliphatic carbocycles. The SMILES string of the molecule is NC(=O)c1cc(Cl)c(Cl)cc1-c1nn[nH]n1. The molecule has 1 heterocycles. The van der Waals surface area contributed by atoms with Crippen LogP contribution in [-0.2, 0) is 0 Å². The Morgan fingerprint density at radius 2 is 2.00 bits per heavy atom. The molecule has 1 aromatic heterocycles. The lowest BCUT2D eigenvalue weighted by Crippen LogP contribution is -2.12. The van der Waals surface area contributed by atoms with Gasteiger partial charge in [-0.15, -0.1) is 10.2 Å². The molecule has 0 saturated carbocycles. The van der Waals surface area contributed by atoms with Crippen LogP contribution in [0.3, 0.4) is 0 Å². The van der Waals surface area contributed by atoms with Gasteiger partial charge in [-0.3, -0.25) is 4.79 Å². The molecule has 6 nitrogen and oxygen atoms in total.